The van der Waals surface area contributed by atoms with Crippen molar-refractivity contribution in [3.8, 4) is 5.75 Å². The Morgan fingerprint density at radius 3 is 2.67 bits per heavy atom. The van der Waals surface area contributed by atoms with Gasteiger partial charge in [0.15, 0.2) is 0 Å². The topological polar surface area (TPSA) is 53.0 Å². The predicted molar refractivity (Wildman–Crippen MR) is 88.6 cm³/mol. The van der Waals surface area contributed by atoms with E-state index >= 15 is 0 Å². The highest BCUT2D eigenvalue weighted by Gasteiger charge is 2.37. The van der Waals surface area contributed by atoms with Gasteiger partial charge in [-0.25, -0.2) is 4.39 Å². The molecule has 0 bridgehead atoms. The summed E-state index contributed by atoms with van der Waals surface area (Å²) < 4.78 is 19.2. The molecule has 1 heterocycles. The summed E-state index contributed by atoms with van der Waals surface area (Å²) >= 11 is 0. The third-order valence-electron chi connectivity index (χ3n) is 5.30. The van der Waals surface area contributed by atoms with E-state index in [0.717, 1.165) is 19.4 Å². The second-order valence-electron chi connectivity index (χ2n) is 6.89. The Morgan fingerprint density at radius 2 is 2.17 bits per heavy atom. The van der Waals surface area contributed by atoms with E-state index in [-0.39, 0.29) is 23.6 Å². The first kappa shape index (κ1) is 17.2. The Labute approximate surface area is 142 Å². The number of halogens is 1. The van der Waals surface area contributed by atoms with Crippen molar-refractivity contribution in [2.24, 2.45) is 5.92 Å². The van der Waals surface area contributed by atoms with Crippen LogP contribution in [0.2, 0.25) is 0 Å². The summed E-state index contributed by atoms with van der Waals surface area (Å²) in [7, 11) is 3.22. The number of likely N-dealkylation sites (N-methyl/N-ethyl adjacent to an activating group) is 1. The first-order chi connectivity index (χ1) is 11.5. The summed E-state index contributed by atoms with van der Waals surface area (Å²) in [6.07, 6.45) is 3.13. The van der Waals surface area contributed by atoms with Crippen molar-refractivity contribution >= 4 is 5.91 Å². The van der Waals surface area contributed by atoms with Crippen LogP contribution in [0.3, 0.4) is 0 Å². The molecular formula is C18H25FN2O3. The number of hydrogen-bond acceptors (Lipinski definition) is 4. The number of aliphatic hydroxyl groups is 1. The van der Waals surface area contributed by atoms with E-state index in [1.165, 1.54) is 25.7 Å². The zero-order valence-electron chi connectivity index (χ0n) is 14.2. The zero-order valence-corrected chi connectivity index (χ0v) is 14.2. The largest absolute Gasteiger partial charge is 0.497 e. The molecule has 24 heavy (non-hydrogen) atoms. The number of nitrogens with zero attached hydrogens (tertiary/aromatic N) is 2. The van der Waals surface area contributed by atoms with Gasteiger partial charge in [0.1, 0.15) is 11.6 Å². The number of hydrogen-bond donors (Lipinski definition) is 1. The first-order valence-electron chi connectivity index (χ1n) is 8.50. The molecule has 5 nitrogen and oxygen atoms in total. The van der Waals surface area contributed by atoms with Crippen molar-refractivity contribution in [2.75, 3.05) is 33.8 Å². The Bertz CT molecular complexity index is 600. The van der Waals surface area contributed by atoms with E-state index < -0.39 is 5.82 Å². The Morgan fingerprint density at radius 1 is 1.46 bits per heavy atom. The van der Waals surface area contributed by atoms with Crippen LogP contribution in [0.5, 0.6) is 5.75 Å². The lowest BCUT2D eigenvalue weighted by atomic mass is 9.78. The number of methoxy groups -OCH3 is 1. The minimum Gasteiger partial charge on any atom is -0.497 e. The van der Waals surface area contributed by atoms with Crippen LogP contribution in [0.25, 0.3) is 0 Å². The molecule has 0 radical (unpaired) electrons. The van der Waals surface area contributed by atoms with E-state index in [0.29, 0.717) is 24.8 Å². The minimum absolute atomic E-state index is 0.0558. The lowest BCUT2D eigenvalue weighted by molar-refractivity contribution is -0.0224. The monoisotopic (exact) mass is 336 g/mol. The number of carbonyl (C=O) groups is 1. The van der Waals surface area contributed by atoms with Crippen molar-refractivity contribution in [2.45, 2.75) is 31.4 Å². The maximum Gasteiger partial charge on any atom is 0.256 e. The van der Waals surface area contributed by atoms with Gasteiger partial charge in [-0.05, 0) is 30.9 Å². The highest BCUT2D eigenvalue weighted by Crippen LogP contribution is 2.33. The maximum atomic E-state index is 14.2. The van der Waals surface area contributed by atoms with Crippen molar-refractivity contribution in [1.82, 2.24) is 9.80 Å². The normalized spacial score (nSPS) is 20.2. The molecule has 1 aromatic carbocycles. The van der Waals surface area contributed by atoms with Gasteiger partial charge in [-0.2, -0.15) is 0 Å². The second-order valence-corrected chi connectivity index (χ2v) is 6.89. The molecule has 1 saturated carbocycles. The molecule has 1 aliphatic carbocycles. The zero-order chi connectivity index (χ0) is 17.3. The van der Waals surface area contributed by atoms with Crippen LogP contribution in [0.15, 0.2) is 18.2 Å². The molecule has 1 aliphatic heterocycles. The van der Waals surface area contributed by atoms with Gasteiger partial charge in [0.25, 0.3) is 5.91 Å². The van der Waals surface area contributed by atoms with Crippen LogP contribution >= 0.6 is 0 Å². The van der Waals surface area contributed by atoms with Crippen LogP contribution in [0, 0.1) is 11.7 Å². The Hall–Kier alpha value is -1.66. The third kappa shape index (κ3) is 3.39. The average molecular weight is 336 g/mol. The Kier molecular flexibility index (Phi) is 5.06. The molecule has 0 unspecified atom stereocenters. The average Bonchev–Trinajstić information content (AvgIpc) is 2.49. The van der Waals surface area contributed by atoms with Gasteiger partial charge in [0.2, 0.25) is 0 Å². The van der Waals surface area contributed by atoms with Crippen LogP contribution < -0.4 is 4.74 Å². The molecule has 1 N–H and O–H groups in total. The lowest BCUT2D eigenvalue weighted by Gasteiger charge is -2.45. The number of amides is 1. The molecule has 1 amide bonds. The van der Waals surface area contributed by atoms with Crippen LogP contribution in [-0.2, 0) is 0 Å². The van der Waals surface area contributed by atoms with Crippen molar-refractivity contribution < 1.29 is 19.0 Å². The molecule has 2 fully saturated rings. The smallest absolute Gasteiger partial charge is 0.256 e. The lowest BCUT2D eigenvalue weighted by Crippen LogP contribution is -2.58. The van der Waals surface area contributed by atoms with Crippen molar-refractivity contribution in [3.05, 3.63) is 29.6 Å². The van der Waals surface area contributed by atoms with Gasteiger partial charge >= 0.3 is 0 Å². The predicted octanol–water partition coefficient (Wildman–Crippen LogP) is 1.75. The number of aliphatic hydroxyl groups excluding tert-OH is 1. The summed E-state index contributed by atoms with van der Waals surface area (Å²) in [5.74, 6) is 0.000807. The maximum absolute atomic E-state index is 14.2. The first-order valence-corrected chi connectivity index (χ1v) is 8.50. The van der Waals surface area contributed by atoms with Crippen molar-refractivity contribution in [3.63, 3.8) is 0 Å². The van der Waals surface area contributed by atoms with Crippen molar-refractivity contribution in [1.29, 1.82) is 0 Å². The van der Waals surface area contributed by atoms with Crippen LogP contribution in [0.4, 0.5) is 4.39 Å². The number of likely N-dealkylation sites (tertiary alicyclic amines) is 1. The van der Waals surface area contributed by atoms with E-state index in [4.69, 9.17) is 4.74 Å². The van der Waals surface area contributed by atoms with E-state index in [9.17, 15) is 14.3 Å². The fourth-order valence-corrected chi connectivity index (χ4v) is 3.51. The van der Waals surface area contributed by atoms with Gasteiger partial charge in [-0.1, -0.05) is 6.42 Å². The number of ether oxygens (including phenoxy) is 1. The SMILES string of the molecule is COc1ccc(C(=O)N(C)[C@H](CN2CC(O)C2)C2CCC2)c(F)c1. The van der Waals surface area contributed by atoms with Gasteiger partial charge < -0.3 is 14.7 Å². The summed E-state index contributed by atoms with van der Waals surface area (Å²) in [5, 5.41) is 9.47. The van der Waals surface area contributed by atoms with E-state index in [1.54, 1.807) is 18.0 Å². The van der Waals surface area contributed by atoms with E-state index in [1.807, 2.05) is 0 Å². The highest BCUT2D eigenvalue weighted by molar-refractivity contribution is 5.94. The van der Waals surface area contributed by atoms with Crippen LogP contribution in [-0.4, -0.2) is 66.8 Å². The summed E-state index contributed by atoms with van der Waals surface area (Å²) in [5.41, 5.74) is 0.0752. The molecule has 0 aromatic heterocycles. The fourth-order valence-electron chi connectivity index (χ4n) is 3.51. The molecule has 2 aliphatic rings. The molecular weight excluding hydrogens is 311 g/mol. The minimum atomic E-state index is -0.557. The molecule has 132 valence electrons. The molecule has 1 saturated heterocycles. The van der Waals surface area contributed by atoms with Crippen LogP contribution in [0.1, 0.15) is 29.6 Å². The van der Waals surface area contributed by atoms with Gasteiger partial charge in [-0.3, -0.25) is 9.69 Å². The number of carbonyl (C=O) groups excluding carboxylic acids is 1. The Balaban J connectivity index is 1.73. The highest BCUT2D eigenvalue weighted by atomic mass is 19.1. The quantitative estimate of drug-likeness (QED) is 0.860. The standard InChI is InChI=1S/C18H25FN2O3/c1-20(18(23)15-7-6-14(24-2)8-16(15)19)17(12-4-3-5-12)11-21-9-13(22)10-21/h6-8,12-13,17,22H,3-5,9-11H2,1-2H3/t17-/m1/s1. The number of rotatable bonds is 6. The molecule has 6 heteroatoms. The summed E-state index contributed by atoms with van der Waals surface area (Å²) in [6, 6.07) is 4.39. The number of benzene rings is 1. The third-order valence-corrected chi connectivity index (χ3v) is 5.30. The van der Waals surface area contributed by atoms with Gasteiger partial charge in [-0.15, -0.1) is 0 Å². The van der Waals surface area contributed by atoms with E-state index in [2.05, 4.69) is 4.90 Å². The summed E-state index contributed by atoms with van der Waals surface area (Å²) in [4.78, 5) is 16.6. The number of β-amino-alcohol motifs (C(OH)–C–C–N with tert-alkyl or cyclic N) is 1. The molecule has 3 rings (SSSR count). The second kappa shape index (κ2) is 7.07. The van der Waals surface area contributed by atoms with Gasteiger partial charge in [0.05, 0.1) is 18.8 Å². The molecule has 1 atom stereocenters. The van der Waals surface area contributed by atoms with Gasteiger partial charge in [0, 0.05) is 38.8 Å². The molecule has 1 aromatic rings. The summed E-state index contributed by atoms with van der Waals surface area (Å²) in [6.45, 7) is 2.05. The fraction of sp³-hybridized carbons (Fsp3) is 0.611. The molecule has 0 spiro atoms.